The fraction of sp³-hybridized carbons (Fsp3) is 0.421. The van der Waals surface area contributed by atoms with Gasteiger partial charge in [-0.05, 0) is 38.1 Å². The predicted molar refractivity (Wildman–Crippen MR) is 129 cm³/mol. The van der Waals surface area contributed by atoms with Gasteiger partial charge in [0.25, 0.3) is 0 Å². The lowest BCUT2D eigenvalue weighted by Crippen LogP contribution is -2.39. The number of carbonyl (C=O) groups is 1. The van der Waals surface area contributed by atoms with E-state index in [4.69, 9.17) is 16.0 Å². The third kappa shape index (κ3) is 9.26. The smallest absolute Gasteiger partial charge is 0.243 e. The van der Waals surface area contributed by atoms with Crippen LogP contribution in [0.3, 0.4) is 0 Å². The van der Waals surface area contributed by atoms with Gasteiger partial charge >= 0.3 is 0 Å². The molecule has 0 aliphatic carbocycles. The normalized spacial score (nSPS) is 11.0. The molecule has 1 heterocycles. The van der Waals surface area contributed by atoms with Gasteiger partial charge in [-0.3, -0.25) is 4.79 Å². The van der Waals surface area contributed by atoms with Crippen molar-refractivity contribution in [1.29, 1.82) is 0 Å². The molecule has 10 heteroatoms. The number of carbonyl (C=O) groups excluding carboxylic acids is 1. The first-order valence-corrected chi connectivity index (χ1v) is 10.2. The van der Waals surface area contributed by atoms with Crippen molar-refractivity contribution in [3.05, 3.63) is 46.6 Å². The molecule has 0 radical (unpaired) electrons. The summed E-state index contributed by atoms with van der Waals surface area (Å²) in [5.41, 5.74) is 0.866. The highest BCUT2D eigenvalue weighted by Gasteiger charge is 2.08. The van der Waals surface area contributed by atoms with Crippen molar-refractivity contribution in [1.82, 2.24) is 20.5 Å². The van der Waals surface area contributed by atoms with Gasteiger partial charge in [-0.1, -0.05) is 11.6 Å². The molecule has 0 spiro atoms. The lowest BCUT2D eigenvalue weighted by Gasteiger charge is -2.13. The van der Waals surface area contributed by atoms with E-state index < -0.39 is 0 Å². The molecular formula is C19H27ClIN5O2S. The third-order valence-corrected chi connectivity index (χ3v) is 5.09. The van der Waals surface area contributed by atoms with Crippen molar-refractivity contribution in [2.45, 2.75) is 25.3 Å². The van der Waals surface area contributed by atoms with E-state index in [-0.39, 0.29) is 36.4 Å². The van der Waals surface area contributed by atoms with Crippen LogP contribution >= 0.6 is 47.3 Å². The van der Waals surface area contributed by atoms with Crippen LogP contribution < -0.4 is 10.6 Å². The van der Waals surface area contributed by atoms with Crippen molar-refractivity contribution < 1.29 is 9.21 Å². The fourth-order valence-corrected chi connectivity index (χ4v) is 3.00. The number of likely N-dealkylation sites (N-methyl/N-ethyl adjacent to an activating group) is 1. The van der Waals surface area contributed by atoms with Crippen LogP contribution in [-0.2, 0) is 11.3 Å². The maximum absolute atomic E-state index is 11.8. The standard InChI is InChI=1S/C19H26ClN5O2S.HI/c1-13-14(2)27-17(24-13)11-22-19(23-12-18(26)25(3)4)21-9-10-28-16-7-5-15(20)6-8-16;/h5-8H,9-12H2,1-4H3,(H2,21,22,23);1H. The second-order valence-electron chi connectivity index (χ2n) is 6.28. The molecule has 0 fully saturated rings. The molecule has 0 atom stereocenters. The van der Waals surface area contributed by atoms with Gasteiger partial charge in [0, 0.05) is 36.3 Å². The van der Waals surface area contributed by atoms with Crippen molar-refractivity contribution in [2.75, 3.05) is 32.9 Å². The van der Waals surface area contributed by atoms with Crippen LogP contribution in [0.5, 0.6) is 0 Å². The number of halogens is 2. The van der Waals surface area contributed by atoms with Crippen molar-refractivity contribution >= 4 is 59.2 Å². The molecule has 1 aromatic carbocycles. The van der Waals surface area contributed by atoms with Crippen molar-refractivity contribution in [3.63, 3.8) is 0 Å². The third-order valence-electron chi connectivity index (χ3n) is 3.83. The Morgan fingerprint density at radius 1 is 1.24 bits per heavy atom. The Kier molecular flexibility index (Phi) is 11.4. The minimum atomic E-state index is -0.0700. The van der Waals surface area contributed by atoms with Gasteiger partial charge in [0.15, 0.2) is 5.96 Å². The van der Waals surface area contributed by atoms with E-state index in [1.807, 2.05) is 38.1 Å². The molecule has 2 N–H and O–H groups in total. The Hall–Kier alpha value is -1.46. The summed E-state index contributed by atoms with van der Waals surface area (Å²) in [7, 11) is 3.42. The number of oxazole rings is 1. The van der Waals surface area contributed by atoms with Crippen LogP contribution in [0.4, 0.5) is 0 Å². The van der Waals surface area contributed by atoms with E-state index in [2.05, 4.69) is 20.6 Å². The van der Waals surface area contributed by atoms with Crippen LogP contribution in [0, 0.1) is 13.8 Å². The van der Waals surface area contributed by atoms with Crippen LogP contribution in [0.1, 0.15) is 17.3 Å². The maximum atomic E-state index is 11.8. The molecule has 0 bridgehead atoms. The van der Waals surface area contributed by atoms with Crippen LogP contribution in [-0.4, -0.2) is 54.7 Å². The molecule has 1 aromatic heterocycles. The number of nitrogens with one attached hydrogen (secondary N) is 2. The highest BCUT2D eigenvalue weighted by atomic mass is 127. The minimum absolute atomic E-state index is 0. The van der Waals surface area contributed by atoms with Gasteiger partial charge in [-0.15, -0.1) is 35.7 Å². The number of hydrogen-bond donors (Lipinski definition) is 2. The van der Waals surface area contributed by atoms with Crippen LogP contribution in [0.2, 0.25) is 5.02 Å². The monoisotopic (exact) mass is 551 g/mol. The Morgan fingerprint density at radius 2 is 1.93 bits per heavy atom. The summed E-state index contributed by atoms with van der Waals surface area (Å²) in [6.45, 7) is 4.92. The van der Waals surface area contributed by atoms with E-state index in [1.54, 1.807) is 25.9 Å². The summed E-state index contributed by atoms with van der Waals surface area (Å²) in [6, 6.07) is 7.73. The number of aryl methyl sites for hydroxylation is 2. The molecule has 0 saturated carbocycles. The second-order valence-corrected chi connectivity index (χ2v) is 7.89. The molecular weight excluding hydrogens is 525 g/mol. The van der Waals surface area contributed by atoms with Gasteiger partial charge in [0.1, 0.15) is 12.3 Å². The maximum Gasteiger partial charge on any atom is 0.243 e. The quantitative estimate of drug-likeness (QED) is 0.172. The Morgan fingerprint density at radius 3 is 2.52 bits per heavy atom. The van der Waals surface area contributed by atoms with E-state index >= 15 is 0 Å². The SMILES string of the molecule is Cc1nc(CNC(=NCC(=O)N(C)C)NCCSc2ccc(Cl)cc2)oc1C.I. The van der Waals surface area contributed by atoms with E-state index in [1.165, 1.54) is 4.90 Å². The zero-order valence-corrected chi connectivity index (χ0v) is 20.9. The number of nitrogens with zero attached hydrogens (tertiary/aromatic N) is 3. The summed E-state index contributed by atoms with van der Waals surface area (Å²) in [6.07, 6.45) is 0. The summed E-state index contributed by atoms with van der Waals surface area (Å²) in [5, 5.41) is 7.13. The average molecular weight is 552 g/mol. The molecule has 0 unspecified atom stereocenters. The topological polar surface area (TPSA) is 82.8 Å². The predicted octanol–water partition coefficient (Wildman–Crippen LogP) is 3.48. The lowest BCUT2D eigenvalue weighted by atomic mass is 10.4. The van der Waals surface area contributed by atoms with Gasteiger partial charge in [-0.2, -0.15) is 0 Å². The largest absolute Gasteiger partial charge is 0.444 e. The number of hydrogen-bond acceptors (Lipinski definition) is 5. The average Bonchev–Trinajstić information content (AvgIpc) is 2.99. The lowest BCUT2D eigenvalue weighted by molar-refractivity contribution is -0.127. The molecule has 2 aromatic rings. The Balaban J connectivity index is 0.00000420. The summed E-state index contributed by atoms with van der Waals surface area (Å²) in [5.74, 6) is 2.69. The Bertz CT molecular complexity index is 792. The first-order valence-electron chi connectivity index (χ1n) is 8.88. The van der Waals surface area contributed by atoms with Gasteiger partial charge < -0.3 is 20.0 Å². The molecule has 0 aliphatic rings. The highest BCUT2D eigenvalue weighted by Crippen LogP contribution is 2.19. The zero-order valence-electron chi connectivity index (χ0n) is 17.0. The summed E-state index contributed by atoms with van der Waals surface area (Å²) < 4.78 is 5.58. The zero-order chi connectivity index (χ0) is 20.5. The molecule has 2 rings (SSSR count). The minimum Gasteiger partial charge on any atom is -0.444 e. The molecule has 0 aliphatic heterocycles. The Labute approximate surface area is 198 Å². The van der Waals surface area contributed by atoms with Crippen LogP contribution in [0.15, 0.2) is 38.6 Å². The molecule has 0 saturated heterocycles. The summed E-state index contributed by atoms with van der Waals surface area (Å²) >= 11 is 7.61. The van der Waals surface area contributed by atoms with Crippen molar-refractivity contribution in [2.24, 2.45) is 4.99 Å². The first kappa shape index (κ1) is 25.6. The number of benzene rings is 1. The number of thioether (sulfide) groups is 1. The number of amides is 1. The molecule has 29 heavy (non-hydrogen) atoms. The number of aliphatic imine (C=N–C) groups is 1. The van der Waals surface area contributed by atoms with Gasteiger partial charge in [0.2, 0.25) is 11.8 Å². The van der Waals surface area contributed by atoms with Crippen LogP contribution in [0.25, 0.3) is 0 Å². The van der Waals surface area contributed by atoms with Crippen molar-refractivity contribution in [3.8, 4) is 0 Å². The second kappa shape index (κ2) is 13.0. The summed E-state index contributed by atoms with van der Waals surface area (Å²) in [4.78, 5) is 23.2. The fourth-order valence-electron chi connectivity index (χ4n) is 2.11. The van der Waals surface area contributed by atoms with E-state index in [9.17, 15) is 4.79 Å². The number of rotatable bonds is 8. The number of aromatic nitrogens is 1. The van der Waals surface area contributed by atoms with E-state index in [0.717, 1.165) is 27.1 Å². The molecule has 1 amide bonds. The highest BCUT2D eigenvalue weighted by molar-refractivity contribution is 14.0. The molecule has 7 nitrogen and oxygen atoms in total. The first-order chi connectivity index (χ1) is 13.3. The van der Waals surface area contributed by atoms with Gasteiger partial charge in [0.05, 0.1) is 12.2 Å². The number of guanidine groups is 1. The molecule has 160 valence electrons. The van der Waals surface area contributed by atoms with Gasteiger partial charge in [-0.25, -0.2) is 9.98 Å². The van der Waals surface area contributed by atoms with E-state index in [0.29, 0.717) is 24.9 Å².